The van der Waals surface area contributed by atoms with Gasteiger partial charge in [-0.25, -0.2) is 9.67 Å². The summed E-state index contributed by atoms with van der Waals surface area (Å²) in [6, 6.07) is 4.63. The Labute approximate surface area is 132 Å². The number of ether oxygens (including phenoxy) is 1. The second-order valence-corrected chi connectivity index (χ2v) is 5.33. The summed E-state index contributed by atoms with van der Waals surface area (Å²) in [5.74, 6) is 1.01. The van der Waals surface area contributed by atoms with Gasteiger partial charge in [-0.2, -0.15) is 10.1 Å². The summed E-state index contributed by atoms with van der Waals surface area (Å²) in [6.45, 7) is 2.81. The second-order valence-electron chi connectivity index (χ2n) is 5.33. The van der Waals surface area contributed by atoms with Crippen LogP contribution in [-0.2, 0) is 11.3 Å². The number of carbonyl (C=O) groups excluding carboxylic acids is 1. The standard InChI is InChI=1S/C15H17N5O3/c1-11-16-7-4-13(18-11)23-12-5-8-19(9-12)15(22)10-20-14(21)3-2-6-17-20/h2-4,6-7,12H,5,8-10H2,1H3/t12-/m1/s1. The van der Waals surface area contributed by atoms with Crippen LogP contribution in [0.4, 0.5) is 0 Å². The zero-order valence-electron chi connectivity index (χ0n) is 12.8. The highest BCUT2D eigenvalue weighted by Crippen LogP contribution is 2.16. The van der Waals surface area contributed by atoms with E-state index in [1.54, 1.807) is 30.2 Å². The van der Waals surface area contributed by atoms with Crippen molar-refractivity contribution in [3.05, 3.63) is 46.8 Å². The van der Waals surface area contributed by atoms with E-state index in [9.17, 15) is 9.59 Å². The number of likely N-dealkylation sites (tertiary alicyclic amines) is 1. The van der Waals surface area contributed by atoms with E-state index in [1.807, 2.05) is 0 Å². The molecule has 8 heteroatoms. The van der Waals surface area contributed by atoms with Crippen molar-refractivity contribution in [3.63, 3.8) is 0 Å². The zero-order valence-corrected chi connectivity index (χ0v) is 12.8. The van der Waals surface area contributed by atoms with Crippen molar-refractivity contribution in [1.82, 2.24) is 24.6 Å². The van der Waals surface area contributed by atoms with E-state index < -0.39 is 0 Å². The summed E-state index contributed by atoms with van der Waals surface area (Å²) in [7, 11) is 0. The van der Waals surface area contributed by atoms with Gasteiger partial charge in [0.1, 0.15) is 18.5 Å². The summed E-state index contributed by atoms with van der Waals surface area (Å²) in [6.07, 6.45) is 3.76. The Bertz CT molecular complexity index is 761. The highest BCUT2D eigenvalue weighted by molar-refractivity contribution is 5.76. The third kappa shape index (κ3) is 3.71. The number of amides is 1. The molecule has 1 aliphatic rings. The lowest BCUT2D eigenvalue weighted by Gasteiger charge is -2.17. The molecule has 1 aliphatic heterocycles. The number of hydrogen-bond acceptors (Lipinski definition) is 6. The predicted molar refractivity (Wildman–Crippen MR) is 80.9 cm³/mol. The van der Waals surface area contributed by atoms with Crippen LogP contribution in [0.15, 0.2) is 35.4 Å². The first-order valence-corrected chi connectivity index (χ1v) is 7.38. The first-order valence-electron chi connectivity index (χ1n) is 7.38. The van der Waals surface area contributed by atoms with Gasteiger partial charge in [-0.1, -0.05) is 0 Å². The largest absolute Gasteiger partial charge is 0.472 e. The molecule has 3 rings (SSSR count). The highest BCUT2D eigenvalue weighted by atomic mass is 16.5. The lowest BCUT2D eigenvalue weighted by molar-refractivity contribution is -0.131. The van der Waals surface area contributed by atoms with Crippen LogP contribution in [-0.4, -0.2) is 49.7 Å². The average molecular weight is 315 g/mol. The molecule has 0 spiro atoms. The summed E-state index contributed by atoms with van der Waals surface area (Å²) in [4.78, 5) is 33.8. The van der Waals surface area contributed by atoms with Crippen LogP contribution >= 0.6 is 0 Å². The van der Waals surface area contributed by atoms with Crippen molar-refractivity contribution in [1.29, 1.82) is 0 Å². The normalized spacial score (nSPS) is 17.3. The molecule has 0 N–H and O–H groups in total. The molecule has 0 aliphatic carbocycles. The summed E-state index contributed by atoms with van der Waals surface area (Å²) >= 11 is 0. The van der Waals surface area contributed by atoms with E-state index in [4.69, 9.17) is 4.74 Å². The van der Waals surface area contributed by atoms with E-state index >= 15 is 0 Å². The molecule has 0 aromatic carbocycles. The Morgan fingerprint density at radius 2 is 2.26 bits per heavy atom. The third-order valence-electron chi connectivity index (χ3n) is 3.61. The summed E-state index contributed by atoms with van der Waals surface area (Å²) in [5, 5.41) is 3.89. The fraction of sp³-hybridized carbons (Fsp3) is 0.400. The number of rotatable bonds is 4. The number of nitrogens with zero attached hydrogens (tertiary/aromatic N) is 5. The van der Waals surface area contributed by atoms with Crippen molar-refractivity contribution in [2.45, 2.75) is 26.0 Å². The van der Waals surface area contributed by atoms with Gasteiger partial charge in [0.15, 0.2) is 0 Å². The van der Waals surface area contributed by atoms with Gasteiger partial charge in [0.25, 0.3) is 5.56 Å². The monoisotopic (exact) mass is 315 g/mol. The Balaban J connectivity index is 1.58. The molecule has 8 nitrogen and oxygen atoms in total. The molecule has 0 unspecified atom stereocenters. The van der Waals surface area contributed by atoms with Gasteiger partial charge in [0.05, 0.1) is 6.54 Å². The van der Waals surface area contributed by atoms with Crippen molar-refractivity contribution < 1.29 is 9.53 Å². The molecule has 1 atom stereocenters. The quantitative estimate of drug-likeness (QED) is 0.790. The minimum Gasteiger partial charge on any atom is -0.472 e. The van der Waals surface area contributed by atoms with Crippen LogP contribution in [0.25, 0.3) is 0 Å². The summed E-state index contributed by atoms with van der Waals surface area (Å²) < 4.78 is 6.94. The maximum absolute atomic E-state index is 12.3. The van der Waals surface area contributed by atoms with Crippen molar-refractivity contribution in [3.8, 4) is 5.88 Å². The molecule has 23 heavy (non-hydrogen) atoms. The zero-order chi connectivity index (χ0) is 16.2. The van der Waals surface area contributed by atoms with Crippen molar-refractivity contribution in [2.75, 3.05) is 13.1 Å². The number of hydrogen-bond donors (Lipinski definition) is 0. The average Bonchev–Trinajstić information content (AvgIpc) is 2.98. The maximum Gasteiger partial charge on any atom is 0.267 e. The SMILES string of the molecule is Cc1nccc(O[C@@H]2CCN(C(=O)Cn3ncccc3=O)C2)n1. The Morgan fingerprint density at radius 3 is 3.04 bits per heavy atom. The van der Waals surface area contributed by atoms with Crippen LogP contribution in [0.1, 0.15) is 12.2 Å². The highest BCUT2D eigenvalue weighted by Gasteiger charge is 2.28. The van der Waals surface area contributed by atoms with Gasteiger partial charge in [-0.05, 0) is 13.0 Å². The fourth-order valence-electron chi connectivity index (χ4n) is 2.46. The molecular formula is C15H17N5O3. The van der Waals surface area contributed by atoms with Gasteiger partial charge >= 0.3 is 0 Å². The molecule has 0 radical (unpaired) electrons. The molecule has 1 amide bonds. The van der Waals surface area contributed by atoms with Crippen LogP contribution in [0, 0.1) is 6.92 Å². The number of aromatic nitrogens is 4. The lowest BCUT2D eigenvalue weighted by Crippen LogP contribution is -2.36. The van der Waals surface area contributed by atoms with Gasteiger partial charge in [0.2, 0.25) is 11.8 Å². The molecule has 0 saturated carbocycles. The van der Waals surface area contributed by atoms with Crippen molar-refractivity contribution in [2.24, 2.45) is 0 Å². The molecule has 1 fully saturated rings. The third-order valence-corrected chi connectivity index (χ3v) is 3.61. The van der Waals surface area contributed by atoms with E-state index in [1.165, 1.54) is 12.3 Å². The fourth-order valence-corrected chi connectivity index (χ4v) is 2.46. The van der Waals surface area contributed by atoms with Gasteiger partial charge < -0.3 is 9.64 Å². The molecule has 1 saturated heterocycles. The summed E-state index contributed by atoms with van der Waals surface area (Å²) in [5.41, 5.74) is -0.288. The number of aryl methyl sites for hydroxylation is 1. The molecule has 0 bridgehead atoms. The molecule has 120 valence electrons. The maximum atomic E-state index is 12.3. The van der Waals surface area contributed by atoms with Gasteiger partial charge in [0, 0.05) is 37.5 Å². The van der Waals surface area contributed by atoms with Gasteiger partial charge in [-0.3, -0.25) is 9.59 Å². The topological polar surface area (TPSA) is 90.2 Å². The van der Waals surface area contributed by atoms with Crippen LogP contribution in [0.2, 0.25) is 0 Å². The predicted octanol–water partition coefficient (Wildman–Crippen LogP) is 0.0216. The Morgan fingerprint density at radius 1 is 1.39 bits per heavy atom. The van der Waals surface area contributed by atoms with Gasteiger partial charge in [-0.15, -0.1) is 0 Å². The van der Waals surface area contributed by atoms with Crippen LogP contribution in [0.5, 0.6) is 5.88 Å². The van der Waals surface area contributed by atoms with E-state index in [-0.39, 0.29) is 24.1 Å². The number of carbonyl (C=O) groups is 1. The van der Waals surface area contributed by atoms with E-state index in [2.05, 4.69) is 15.1 Å². The molecular weight excluding hydrogens is 298 g/mol. The minimum atomic E-state index is -0.288. The first-order chi connectivity index (χ1) is 11.1. The first kappa shape index (κ1) is 15.1. The van der Waals surface area contributed by atoms with Crippen LogP contribution < -0.4 is 10.3 Å². The minimum absolute atomic E-state index is 0.0565. The molecule has 3 heterocycles. The van der Waals surface area contributed by atoms with E-state index in [0.29, 0.717) is 24.8 Å². The van der Waals surface area contributed by atoms with Crippen LogP contribution in [0.3, 0.4) is 0 Å². The Hall–Kier alpha value is -2.77. The Kier molecular flexibility index (Phi) is 4.31. The lowest BCUT2D eigenvalue weighted by atomic mass is 10.3. The molecule has 2 aromatic heterocycles. The van der Waals surface area contributed by atoms with Crippen molar-refractivity contribution >= 4 is 5.91 Å². The molecule has 2 aromatic rings. The second kappa shape index (κ2) is 6.55. The smallest absolute Gasteiger partial charge is 0.267 e. The van der Waals surface area contributed by atoms with E-state index in [0.717, 1.165) is 11.1 Å².